The summed E-state index contributed by atoms with van der Waals surface area (Å²) in [5, 5.41) is 1.30. The van der Waals surface area contributed by atoms with Crippen LogP contribution in [0.3, 0.4) is 0 Å². The molecule has 1 aromatic carbocycles. The van der Waals surface area contributed by atoms with Crippen molar-refractivity contribution in [3.05, 3.63) is 36.9 Å². The van der Waals surface area contributed by atoms with Gasteiger partial charge in [-0.25, -0.2) is 4.79 Å². The Hall–Kier alpha value is -1.35. The SMILES string of the molecule is [CH2-][NH2+]C(=O)c1cccc(OCC)c1. The second-order valence-electron chi connectivity index (χ2n) is 2.53. The topological polar surface area (TPSA) is 42.9 Å². The van der Waals surface area contributed by atoms with Crippen LogP contribution >= 0.6 is 0 Å². The predicted molar refractivity (Wildman–Crippen MR) is 49.2 cm³/mol. The van der Waals surface area contributed by atoms with Crippen LogP contribution in [0.2, 0.25) is 0 Å². The number of hydrogen-bond donors (Lipinski definition) is 1. The average Bonchev–Trinajstić information content (AvgIpc) is 2.18. The maximum Gasteiger partial charge on any atom is 0.316 e. The van der Waals surface area contributed by atoms with Crippen molar-refractivity contribution < 1.29 is 14.8 Å². The Morgan fingerprint density at radius 2 is 2.38 bits per heavy atom. The molecule has 1 aromatic rings. The zero-order valence-corrected chi connectivity index (χ0v) is 7.62. The quantitative estimate of drug-likeness (QED) is 0.690. The van der Waals surface area contributed by atoms with Crippen LogP contribution < -0.4 is 10.1 Å². The normalized spacial score (nSPS) is 9.69. The Kier molecular flexibility index (Phi) is 3.46. The molecule has 0 radical (unpaired) electrons. The molecule has 0 unspecified atom stereocenters. The van der Waals surface area contributed by atoms with Gasteiger partial charge in [0.25, 0.3) is 0 Å². The molecule has 0 saturated heterocycles. The van der Waals surface area contributed by atoms with Crippen molar-refractivity contribution in [1.82, 2.24) is 0 Å². The summed E-state index contributed by atoms with van der Waals surface area (Å²) < 4.78 is 5.25. The van der Waals surface area contributed by atoms with Gasteiger partial charge in [-0.3, -0.25) is 0 Å². The lowest BCUT2D eigenvalue weighted by Gasteiger charge is -2.03. The molecule has 0 aliphatic carbocycles. The van der Waals surface area contributed by atoms with E-state index in [0.29, 0.717) is 12.2 Å². The van der Waals surface area contributed by atoms with E-state index in [2.05, 4.69) is 7.05 Å². The number of rotatable bonds is 3. The number of carbonyl (C=O) groups is 1. The standard InChI is InChI=1S/C10H13NO2/c1-3-13-9-6-4-5-8(7-9)10(12)11-2/h4-7H,2-3,11H2,1H3. The molecular weight excluding hydrogens is 166 g/mol. The largest absolute Gasteiger partial charge is 0.494 e. The third-order valence-electron chi connectivity index (χ3n) is 1.61. The molecule has 70 valence electrons. The maximum absolute atomic E-state index is 11.2. The molecule has 2 N–H and O–H groups in total. The number of benzene rings is 1. The highest BCUT2D eigenvalue weighted by Gasteiger charge is 2.05. The van der Waals surface area contributed by atoms with Gasteiger partial charge in [0.15, 0.2) is 0 Å². The molecule has 1 rings (SSSR count). The number of primary amides is 1. The Bertz CT molecular complexity index is 297. The molecule has 1 amide bonds. The minimum atomic E-state index is -0.0819. The Morgan fingerprint density at radius 1 is 1.62 bits per heavy atom. The van der Waals surface area contributed by atoms with Crippen LogP contribution in [0.25, 0.3) is 0 Å². The predicted octanol–water partition coefficient (Wildman–Crippen LogP) is 0.580. The van der Waals surface area contributed by atoms with Crippen molar-refractivity contribution in [3.8, 4) is 5.75 Å². The van der Waals surface area contributed by atoms with Crippen LogP contribution in [-0.4, -0.2) is 12.5 Å². The molecule has 0 heterocycles. The van der Waals surface area contributed by atoms with Crippen molar-refractivity contribution in [1.29, 1.82) is 0 Å². The van der Waals surface area contributed by atoms with Crippen LogP contribution in [0, 0.1) is 7.05 Å². The molecule has 0 aliphatic rings. The second kappa shape index (κ2) is 4.62. The smallest absolute Gasteiger partial charge is 0.316 e. The van der Waals surface area contributed by atoms with E-state index in [-0.39, 0.29) is 5.91 Å². The highest BCUT2D eigenvalue weighted by Crippen LogP contribution is 2.12. The Labute approximate surface area is 77.7 Å². The highest BCUT2D eigenvalue weighted by atomic mass is 16.5. The molecule has 3 heteroatoms. The fraction of sp³-hybridized carbons (Fsp3) is 0.200. The van der Waals surface area contributed by atoms with Gasteiger partial charge in [0, 0.05) is 0 Å². The molecule has 0 bridgehead atoms. The fourth-order valence-corrected chi connectivity index (χ4v) is 1.02. The summed E-state index contributed by atoms with van der Waals surface area (Å²) in [5.74, 6) is 0.636. The van der Waals surface area contributed by atoms with Gasteiger partial charge in [0.05, 0.1) is 12.2 Å². The number of hydrogen-bond acceptors (Lipinski definition) is 2. The van der Waals surface area contributed by atoms with Crippen LogP contribution in [-0.2, 0) is 0 Å². The summed E-state index contributed by atoms with van der Waals surface area (Å²) in [6, 6.07) is 7.07. The first kappa shape index (κ1) is 9.74. The van der Waals surface area contributed by atoms with Crippen molar-refractivity contribution in [2.75, 3.05) is 6.61 Å². The van der Waals surface area contributed by atoms with Gasteiger partial charge in [-0.2, -0.15) is 0 Å². The van der Waals surface area contributed by atoms with Crippen molar-refractivity contribution >= 4 is 5.91 Å². The van der Waals surface area contributed by atoms with E-state index >= 15 is 0 Å². The minimum Gasteiger partial charge on any atom is -0.494 e. The number of ether oxygens (including phenoxy) is 1. The lowest BCUT2D eigenvalue weighted by molar-refractivity contribution is -0.489. The van der Waals surface area contributed by atoms with Gasteiger partial charge in [-0.15, -0.1) is 7.05 Å². The second-order valence-corrected chi connectivity index (χ2v) is 2.53. The molecule has 0 fully saturated rings. The summed E-state index contributed by atoms with van der Waals surface area (Å²) in [6.07, 6.45) is 0. The number of amides is 1. The van der Waals surface area contributed by atoms with Gasteiger partial charge in [0.2, 0.25) is 0 Å². The van der Waals surface area contributed by atoms with Crippen molar-refractivity contribution in [3.63, 3.8) is 0 Å². The van der Waals surface area contributed by atoms with E-state index in [1.165, 1.54) is 5.32 Å². The summed E-state index contributed by atoms with van der Waals surface area (Å²) in [4.78, 5) is 11.2. The lowest BCUT2D eigenvalue weighted by atomic mass is 10.2. The van der Waals surface area contributed by atoms with Crippen molar-refractivity contribution in [2.24, 2.45) is 0 Å². The molecule has 13 heavy (non-hydrogen) atoms. The third kappa shape index (κ3) is 2.56. The van der Waals surface area contributed by atoms with Gasteiger partial charge >= 0.3 is 5.91 Å². The van der Waals surface area contributed by atoms with Crippen LogP contribution in [0.1, 0.15) is 17.3 Å². The summed E-state index contributed by atoms with van der Waals surface area (Å²) in [6.45, 7) is 2.51. The van der Waals surface area contributed by atoms with E-state index < -0.39 is 0 Å². The van der Waals surface area contributed by atoms with Crippen LogP contribution in [0.4, 0.5) is 0 Å². The fourth-order valence-electron chi connectivity index (χ4n) is 1.02. The first-order valence-electron chi connectivity index (χ1n) is 4.17. The minimum absolute atomic E-state index is 0.0819. The molecule has 3 nitrogen and oxygen atoms in total. The highest BCUT2D eigenvalue weighted by molar-refractivity contribution is 5.86. The summed E-state index contributed by atoms with van der Waals surface area (Å²) >= 11 is 0. The van der Waals surface area contributed by atoms with Gasteiger partial charge in [0.1, 0.15) is 5.75 Å². The Balaban J connectivity index is 2.85. The maximum atomic E-state index is 11.2. The summed E-state index contributed by atoms with van der Waals surface area (Å²) in [7, 11) is 3.42. The molecule has 0 aromatic heterocycles. The van der Waals surface area contributed by atoms with E-state index in [0.717, 1.165) is 5.75 Å². The number of quaternary nitrogens is 1. The van der Waals surface area contributed by atoms with Gasteiger partial charge < -0.3 is 10.1 Å². The molecule has 0 aliphatic heterocycles. The van der Waals surface area contributed by atoms with E-state index in [1.807, 2.05) is 13.0 Å². The lowest BCUT2D eigenvalue weighted by Crippen LogP contribution is -2.81. The van der Waals surface area contributed by atoms with Crippen molar-refractivity contribution in [2.45, 2.75) is 6.92 Å². The van der Waals surface area contributed by atoms with E-state index in [1.54, 1.807) is 18.2 Å². The molecule has 0 spiro atoms. The first-order valence-corrected chi connectivity index (χ1v) is 4.17. The van der Waals surface area contributed by atoms with E-state index in [4.69, 9.17) is 4.74 Å². The zero-order chi connectivity index (χ0) is 9.68. The monoisotopic (exact) mass is 179 g/mol. The first-order chi connectivity index (χ1) is 6.27. The molecule has 0 saturated carbocycles. The molecular formula is C10H13NO2. The Morgan fingerprint density at radius 3 is 3.00 bits per heavy atom. The number of carbonyl (C=O) groups excluding carboxylic acids is 1. The van der Waals surface area contributed by atoms with Crippen LogP contribution in [0.5, 0.6) is 5.75 Å². The summed E-state index contributed by atoms with van der Waals surface area (Å²) in [5.41, 5.74) is 0.612. The van der Waals surface area contributed by atoms with Gasteiger partial charge in [-0.1, -0.05) is 6.07 Å². The van der Waals surface area contributed by atoms with Crippen LogP contribution in [0.15, 0.2) is 24.3 Å². The number of nitrogens with two attached hydrogens (primary N) is 1. The van der Waals surface area contributed by atoms with Gasteiger partial charge in [-0.05, 0) is 25.1 Å². The average molecular weight is 179 g/mol. The molecule has 0 atom stereocenters. The third-order valence-corrected chi connectivity index (χ3v) is 1.61. The van der Waals surface area contributed by atoms with E-state index in [9.17, 15) is 4.79 Å². The zero-order valence-electron chi connectivity index (χ0n) is 7.62.